The molecule has 0 spiro atoms. The Kier molecular flexibility index (Phi) is 5.81. The van der Waals surface area contributed by atoms with Crippen molar-refractivity contribution in [3.05, 3.63) is 0 Å². The molecule has 0 saturated carbocycles. The van der Waals surface area contributed by atoms with E-state index in [4.69, 9.17) is 4.74 Å². The summed E-state index contributed by atoms with van der Waals surface area (Å²) >= 11 is 0. The van der Waals surface area contributed by atoms with Gasteiger partial charge in [-0.3, -0.25) is 9.69 Å². The van der Waals surface area contributed by atoms with Crippen LogP contribution in [0.3, 0.4) is 0 Å². The van der Waals surface area contributed by atoms with Gasteiger partial charge in [-0.15, -0.1) is 0 Å². The first-order chi connectivity index (χ1) is 9.72. The molecular weight excluding hydrogens is 254 g/mol. The quantitative estimate of drug-likeness (QED) is 0.801. The minimum absolute atomic E-state index is 0.137. The molecule has 0 aromatic heterocycles. The molecule has 0 bridgehead atoms. The third kappa shape index (κ3) is 3.51. The number of hydrogen-bond donors (Lipinski definition) is 1. The highest BCUT2D eigenvalue weighted by atomic mass is 16.5. The van der Waals surface area contributed by atoms with Crippen LogP contribution in [-0.2, 0) is 9.53 Å². The molecule has 5 nitrogen and oxygen atoms in total. The molecule has 2 fully saturated rings. The highest BCUT2D eigenvalue weighted by Crippen LogP contribution is 2.32. The van der Waals surface area contributed by atoms with Crippen LogP contribution < -0.4 is 5.32 Å². The molecule has 0 aromatic carbocycles. The number of hydrogen-bond acceptors (Lipinski definition) is 4. The number of nitrogens with one attached hydrogen (secondary N) is 1. The van der Waals surface area contributed by atoms with Crippen molar-refractivity contribution in [2.24, 2.45) is 5.41 Å². The Balaban J connectivity index is 1.91. The van der Waals surface area contributed by atoms with Crippen LogP contribution in [0.4, 0.5) is 0 Å². The zero-order valence-corrected chi connectivity index (χ0v) is 13.0. The van der Waals surface area contributed by atoms with Gasteiger partial charge in [0.2, 0.25) is 5.91 Å². The van der Waals surface area contributed by atoms with Gasteiger partial charge in [-0.2, -0.15) is 0 Å². The van der Waals surface area contributed by atoms with Crippen molar-refractivity contribution in [1.29, 1.82) is 0 Å². The summed E-state index contributed by atoms with van der Waals surface area (Å²) in [5.41, 5.74) is -0.137. The predicted molar refractivity (Wildman–Crippen MR) is 79.7 cm³/mol. The van der Waals surface area contributed by atoms with Crippen molar-refractivity contribution in [3.63, 3.8) is 0 Å². The molecule has 1 unspecified atom stereocenters. The summed E-state index contributed by atoms with van der Waals surface area (Å²) < 4.78 is 5.14. The van der Waals surface area contributed by atoms with Gasteiger partial charge >= 0.3 is 0 Å². The standard InChI is InChI=1S/C15H29N3O2/c1-3-15(5-6-16-13-15)14(19)18-8-4-7-17(9-10-18)11-12-20-2/h16H,3-13H2,1-2H3. The van der Waals surface area contributed by atoms with E-state index in [0.717, 1.165) is 71.7 Å². The number of amides is 1. The second-order valence-corrected chi connectivity index (χ2v) is 6.04. The van der Waals surface area contributed by atoms with Crippen LogP contribution in [0.25, 0.3) is 0 Å². The Morgan fingerprint density at radius 1 is 1.30 bits per heavy atom. The first-order valence-electron chi connectivity index (χ1n) is 7.93. The zero-order chi connectivity index (χ0) is 14.4. The van der Waals surface area contributed by atoms with Crippen LogP contribution in [0.2, 0.25) is 0 Å². The SMILES string of the molecule is CCC1(C(=O)N2CCCN(CCOC)CC2)CCNC1. The van der Waals surface area contributed by atoms with Gasteiger partial charge in [0.25, 0.3) is 0 Å². The number of methoxy groups -OCH3 is 1. The lowest BCUT2D eigenvalue weighted by atomic mass is 9.82. The van der Waals surface area contributed by atoms with E-state index in [2.05, 4.69) is 22.0 Å². The fourth-order valence-corrected chi connectivity index (χ4v) is 3.33. The molecule has 0 radical (unpaired) electrons. The third-order valence-corrected chi connectivity index (χ3v) is 4.86. The van der Waals surface area contributed by atoms with E-state index in [1.165, 1.54) is 0 Å². The van der Waals surface area contributed by atoms with E-state index in [9.17, 15) is 4.79 Å². The Morgan fingerprint density at radius 2 is 2.15 bits per heavy atom. The van der Waals surface area contributed by atoms with Gasteiger partial charge in [-0.25, -0.2) is 0 Å². The lowest BCUT2D eigenvalue weighted by Gasteiger charge is -2.32. The topological polar surface area (TPSA) is 44.8 Å². The molecule has 1 N–H and O–H groups in total. The first-order valence-corrected chi connectivity index (χ1v) is 7.93. The average Bonchev–Trinajstić information content (AvgIpc) is 2.84. The number of carbonyl (C=O) groups excluding carboxylic acids is 1. The van der Waals surface area contributed by atoms with E-state index in [1.54, 1.807) is 7.11 Å². The summed E-state index contributed by atoms with van der Waals surface area (Å²) in [6.07, 6.45) is 3.01. The molecule has 2 saturated heterocycles. The number of ether oxygens (including phenoxy) is 1. The maximum Gasteiger partial charge on any atom is 0.230 e. The van der Waals surface area contributed by atoms with Crippen molar-refractivity contribution in [1.82, 2.24) is 15.1 Å². The van der Waals surface area contributed by atoms with E-state index in [1.807, 2.05) is 0 Å². The van der Waals surface area contributed by atoms with Crippen molar-refractivity contribution < 1.29 is 9.53 Å². The zero-order valence-electron chi connectivity index (χ0n) is 13.0. The largest absolute Gasteiger partial charge is 0.383 e. The highest BCUT2D eigenvalue weighted by Gasteiger charge is 2.42. The van der Waals surface area contributed by atoms with Gasteiger partial charge in [-0.1, -0.05) is 6.92 Å². The third-order valence-electron chi connectivity index (χ3n) is 4.86. The maximum atomic E-state index is 12.9. The van der Waals surface area contributed by atoms with Crippen LogP contribution >= 0.6 is 0 Å². The Bertz CT molecular complexity index is 316. The van der Waals surface area contributed by atoms with Crippen molar-refractivity contribution in [2.75, 3.05) is 59.5 Å². The van der Waals surface area contributed by atoms with Gasteiger partial charge in [0, 0.05) is 39.8 Å². The van der Waals surface area contributed by atoms with Crippen LogP contribution in [0.15, 0.2) is 0 Å². The number of nitrogens with zero attached hydrogens (tertiary/aromatic N) is 2. The molecule has 0 aliphatic carbocycles. The molecule has 2 aliphatic rings. The van der Waals surface area contributed by atoms with Gasteiger partial charge in [0.1, 0.15) is 0 Å². The second-order valence-electron chi connectivity index (χ2n) is 6.04. The summed E-state index contributed by atoms with van der Waals surface area (Å²) in [6, 6.07) is 0. The summed E-state index contributed by atoms with van der Waals surface area (Å²) in [6.45, 7) is 9.55. The molecule has 0 aromatic rings. The van der Waals surface area contributed by atoms with Crippen LogP contribution in [0, 0.1) is 5.41 Å². The lowest BCUT2D eigenvalue weighted by Crippen LogP contribution is -2.46. The molecule has 1 amide bonds. The smallest absolute Gasteiger partial charge is 0.230 e. The molecule has 116 valence electrons. The fraction of sp³-hybridized carbons (Fsp3) is 0.933. The summed E-state index contributed by atoms with van der Waals surface area (Å²) in [5.74, 6) is 0.374. The molecule has 1 atom stereocenters. The van der Waals surface area contributed by atoms with Gasteiger partial charge < -0.3 is 15.0 Å². The summed E-state index contributed by atoms with van der Waals surface area (Å²) in [4.78, 5) is 17.4. The molecule has 5 heteroatoms. The van der Waals surface area contributed by atoms with Gasteiger partial charge in [0.15, 0.2) is 0 Å². The average molecular weight is 283 g/mol. The van der Waals surface area contributed by atoms with Crippen LogP contribution in [0.5, 0.6) is 0 Å². The van der Waals surface area contributed by atoms with E-state index in [-0.39, 0.29) is 5.41 Å². The van der Waals surface area contributed by atoms with Crippen molar-refractivity contribution in [3.8, 4) is 0 Å². The molecular formula is C15H29N3O2. The van der Waals surface area contributed by atoms with Crippen LogP contribution in [-0.4, -0.2) is 75.2 Å². The fourth-order valence-electron chi connectivity index (χ4n) is 3.33. The Labute approximate surface area is 122 Å². The summed E-state index contributed by atoms with van der Waals surface area (Å²) in [5, 5.41) is 3.36. The lowest BCUT2D eigenvalue weighted by molar-refractivity contribution is -0.141. The van der Waals surface area contributed by atoms with Crippen molar-refractivity contribution in [2.45, 2.75) is 26.2 Å². The minimum Gasteiger partial charge on any atom is -0.383 e. The number of carbonyl (C=O) groups is 1. The van der Waals surface area contributed by atoms with Gasteiger partial charge in [-0.05, 0) is 32.4 Å². The minimum atomic E-state index is -0.137. The Morgan fingerprint density at radius 3 is 2.80 bits per heavy atom. The molecule has 20 heavy (non-hydrogen) atoms. The molecule has 2 rings (SSSR count). The predicted octanol–water partition coefficient (Wildman–Crippen LogP) is 0.557. The monoisotopic (exact) mass is 283 g/mol. The maximum absolute atomic E-state index is 12.9. The van der Waals surface area contributed by atoms with E-state index >= 15 is 0 Å². The van der Waals surface area contributed by atoms with Crippen LogP contribution in [0.1, 0.15) is 26.2 Å². The summed E-state index contributed by atoms with van der Waals surface area (Å²) in [7, 11) is 1.74. The first kappa shape index (κ1) is 15.7. The van der Waals surface area contributed by atoms with E-state index in [0.29, 0.717) is 5.91 Å². The van der Waals surface area contributed by atoms with E-state index < -0.39 is 0 Å². The molecule has 2 heterocycles. The normalized spacial score (nSPS) is 28.6. The molecule has 2 aliphatic heterocycles. The number of rotatable bonds is 5. The Hall–Kier alpha value is -0.650. The van der Waals surface area contributed by atoms with Crippen molar-refractivity contribution >= 4 is 5.91 Å². The highest BCUT2D eigenvalue weighted by molar-refractivity contribution is 5.83. The second kappa shape index (κ2) is 7.38. The van der Waals surface area contributed by atoms with Gasteiger partial charge in [0.05, 0.1) is 12.0 Å².